The van der Waals surface area contributed by atoms with Gasteiger partial charge in [-0.15, -0.1) is 0 Å². The normalized spacial score (nSPS) is 20.8. The molecule has 0 aromatic carbocycles. The van der Waals surface area contributed by atoms with Crippen LogP contribution in [0.3, 0.4) is 0 Å². The molecule has 1 rings (SSSR count). The van der Waals surface area contributed by atoms with Crippen LogP contribution in [0.4, 0.5) is 0 Å². The molecule has 0 saturated heterocycles. The maximum atomic E-state index is 2.44. The van der Waals surface area contributed by atoms with E-state index in [9.17, 15) is 0 Å². The van der Waals surface area contributed by atoms with Crippen LogP contribution < -0.4 is 0 Å². The highest BCUT2D eigenvalue weighted by atomic mass is 14.2. The van der Waals surface area contributed by atoms with Crippen molar-refractivity contribution in [2.24, 2.45) is 11.8 Å². The van der Waals surface area contributed by atoms with Crippen molar-refractivity contribution in [2.45, 2.75) is 71.6 Å². The Morgan fingerprint density at radius 3 is 2.46 bits per heavy atom. The SMILES string of the molecule is CCCCC(C)CCC1CCCC1. The predicted octanol–water partition coefficient (Wildman–Crippen LogP) is 4.78. The first-order chi connectivity index (χ1) is 6.33. The summed E-state index contributed by atoms with van der Waals surface area (Å²) in [6.07, 6.45) is 13.3. The molecule has 0 aromatic heterocycles. The van der Waals surface area contributed by atoms with E-state index in [-0.39, 0.29) is 0 Å². The van der Waals surface area contributed by atoms with E-state index in [2.05, 4.69) is 13.8 Å². The molecular weight excluding hydrogens is 156 g/mol. The van der Waals surface area contributed by atoms with Gasteiger partial charge in [0.05, 0.1) is 0 Å². The predicted molar refractivity (Wildman–Crippen MR) is 59.9 cm³/mol. The summed E-state index contributed by atoms with van der Waals surface area (Å²) in [4.78, 5) is 0. The van der Waals surface area contributed by atoms with E-state index >= 15 is 0 Å². The van der Waals surface area contributed by atoms with Gasteiger partial charge in [0.2, 0.25) is 0 Å². The van der Waals surface area contributed by atoms with Gasteiger partial charge in [0.1, 0.15) is 0 Å². The monoisotopic (exact) mass is 182 g/mol. The average Bonchev–Trinajstić information content (AvgIpc) is 2.64. The molecule has 0 radical (unpaired) electrons. The molecule has 0 N–H and O–H groups in total. The molecule has 1 atom stereocenters. The third kappa shape index (κ3) is 4.69. The van der Waals surface area contributed by atoms with Gasteiger partial charge in [-0.25, -0.2) is 0 Å². The number of rotatable bonds is 6. The first-order valence-electron chi connectivity index (χ1n) is 6.33. The number of hydrogen-bond acceptors (Lipinski definition) is 0. The Labute approximate surface area is 84.1 Å². The van der Waals surface area contributed by atoms with Crippen molar-refractivity contribution in [3.63, 3.8) is 0 Å². The summed E-state index contributed by atoms with van der Waals surface area (Å²) in [6, 6.07) is 0. The zero-order chi connectivity index (χ0) is 9.52. The fraction of sp³-hybridized carbons (Fsp3) is 1.00. The van der Waals surface area contributed by atoms with Gasteiger partial charge in [-0.1, -0.05) is 71.6 Å². The lowest BCUT2D eigenvalue weighted by molar-refractivity contribution is 0.392. The van der Waals surface area contributed by atoms with E-state index in [0.717, 1.165) is 11.8 Å². The Morgan fingerprint density at radius 2 is 1.85 bits per heavy atom. The second kappa shape index (κ2) is 6.45. The van der Waals surface area contributed by atoms with E-state index in [1.54, 1.807) is 0 Å². The minimum atomic E-state index is 0.987. The third-order valence-corrected chi connectivity index (χ3v) is 3.59. The smallest absolute Gasteiger partial charge is 0.0414 e. The van der Waals surface area contributed by atoms with Crippen LogP contribution in [0.5, 0.6) is 0 Å². The van der Waals surface area contributed by atoms with Gasteiger partial charge in [-0.05, 0) is 11.8 Å². The lowest BCUT2D eigenvalue weighted by Gasteiger charge is -2.13. The highest BCUT2D eigenvalue weighted by Crippen LogP contribution is 2.30. The molecular formula is C13H26. The Balaban J connectivity index is 1.97. The van der Waals surface area contributed by atoms with Crippen molar-refractivity contribution >= 4 is 0 Å². The number of hydrogen-bond donors (Lipinski definition) is 0. The Morgan fingerprint density at radius 1 is 1.15 bits per heavy atom. The number of unbranched alkanes of at least 4 members (excludes halogenated alkanes) is 1. The Kier molecular flexibility index (Phi) is 5.50. The lowest BCUT2D eigenvalue weighted by Crippen LogP contribution is -1.99. The van der Waals surface area contributed by atoms with Crippen molar-refractivity contribution < 1.29 is 0 Å². The van der Waals surface area contributed by atoms with Gasteiger partial charge in [0.25, 0.3) is 0 Å². The van der Waals surface area contributed by atoms with Gasteiger partial charge in [0.15, 0.2) is 0 Å². The van der Waals surface area contributed by atoms with Gasteiger partial charge in [-0.3, -0.25) is 0 Å². The molecule has 1 fully saturated rings. The van der Waals surface area contributed by atoms with Gasteiger partial charge in [0, 0.05) is 0 Å². The highest BCUT2D eigenvalue weighted by Gasteiger charge is 2.15. The summed E-state index contributed by atoms with van der Waals surface area (Å²) in [6.45, 7) is 4.73. The van der Waals surface area contributed by atoms with Crippen LogP contribution in [-0.2, 0) is 0 Å². The van der Waals surface area contributed by atoms with Crippen molar-refractivity contribution in [3.05, 3.63) is 0 Å². The molecule has 0 heterocycles. The second-order valence-corrected chi connectivity index (χ2v) is 4.98. The summed E-state index contributed by atoms with van der Waals surface area (Å²) in [5, 5.41) is 0. The van der Waals surface area contributed by atoms with Crippen molar-refractivity contribution in [1.82, 2.24) is 0 Å². The maximum Gasteiger partial charge on any atom is -0.0414 e. The topological polar surface area (TPSA) is 0 Å². The molecule has 1 aliphatic carbocycles. The first-order valence-corrected chi connectivity index (χ1v) is 6.33. The van der Waals surface area contributed by atoms with Crippen LogP contribution in [0, 0.1) is 11.8 Å². The Bertz CT molecular complexity index is 111. The van der Waals surface area contributed by atoms with Gasteiger partial charge in [-0.2, -0.15) is 0 Å². The summed E-state index contributed by atoms with van der Waals surface area (Å²) in [5.74, 6) is 2.09. The zero-order valence-electron chi connectivity index (χ0n) is 9.52. The van der Waals surface area contributed by atoms with Gasteiger partial charge < -0.3 is 0 Å². The molecule has 1 aliphatic rings. The summed E-state index contributed by atoms with van der Waals surface area (Å²) >= 11 is 0. The highest BCUT2D eigenvalue weighted by molar-refractivity contribution is 4.68. The van der Waals surface area contributed by atoms with Crippen molar-refractivity contribution in [3.8, 4) is 0 Å². The summed E-state index contributed by atoms with van der Waals surface area (Å²) in [5.41, 5.74) is 0. The van der Waals surface area contributed by atoms with E-state index in [1.165, 1.54) is 57.8 Å². The molecule has 0 amide bonds. The largest absolute Gasteiger partial charge is 0.0654 e. The van der Waals surface area contributed by atoms with E-state index in [1.807, 2.05) is 0 Å². The molecule has 0 aromatic rings. The van der Waals surface area contributed by atoms with Crippen LogP contribution in [0.15, 0.2) is 0 Å². The van der Waals surface area contributed by atoms with E-state index < -0.39 is 0 Å². The molecule has 0 nitrogen and oxygen atoms in total. The lowest BCUT2D eigenvalue weighted by atomic mass is 9.93. The van der Waals surface area contributed by atoms with E-state index in [4.69, 9.17) is 0 Å². The van der Waals surface area contributed by atoms with Crippen LogP contribution in [0.1, 0.15) is 71.6 Å². The second-order valence-electron chi connectivity index (χ2n) is 4.98. The minimum Gasteiger partial charge on any atom is -0.0654 e. The van der Waals surface area contributed by atoms with Crippen LogP contribution in [-0.4, -0.2) is 0 Å². The van der Waals surface area contributed by atoms with Crippen molar-refractivity contribution in [2.75, 3.05) is 0 Å². The summed E-state index contributed by atoms with van der Waals surface area (Å²) < 4.78 is 0. The summed E-state index contributed by atoms with van der Waals surface area (Å²) in [7, 11) is 0. The van der Waals surface area contributed by atoms with Crippen LogP contribution in [0.25, 0.3) is 0 Å². The average molecular weight is 182 g/mol. The standard InChI is InChI=1S/C13H26/c1-3-4-7-12(2)10-11-13-8-5-6-9-13/h12-13H,3-11H2,1-2H3. The molecule has 1 unspecified atom stereocenters. The first kappa shape index (κ1) is 11.1. The third-order valence-electron chi connectivity index (χ3n) is 3.59. The maximum absolute atomic E-state index is 2.44. The molecule has 78 valence electrons. The molecule has 0 bridgehead atoms. The van der Waals surface area contributed by atoms with Crippen molar-refractivity contribution in [1.29, 1.82) is 0 Å². The fourth-order valence-electron chi connectivity index (χ4n) is 2.52. The molecule has 0 spiro atoms. The quantitative estimate of drug-likeness (QED) is 0.554. The fourth-order valence-corrected chi connectivity index (χ4v) is 2.52. The van der Waals surface area contributed by atoms with Gasteiger partial charge >= 0.3 is 0 Å². The van der Waals surface area contributed by atoms with E-state index in [0.29, 0.717) is 0 Å². The van der Waals surface area contributed by atoms with Crippen LogP contribution in [0.2, 0.25) is 0 Å². The zero-order valence-corrected chi connectivity index (χ0v) is 9.52. The molecule has 13 heavy (non-hydrogen) atoms. The molecule has 0 heteroatoms. The molecule has 0 aliphatic heterocycles. The minimum absolute atomic E-state index is 0.987. The molecule has 1 saturated carbocycles. The Hall–Kier alpha value is 0. The van der Waals surface area contributed by atoms with Crippen LogP contribution >= 0.6 is 0 Å².